The molecule has 7 nitrogen and oxygen atoms in total. The Hall–Kier alpha value is -3.22. The van der Waals surface area contributed by atoms with Gasteiger partial charge in [-0.1, -0.05) is 115 Å². The molecule has 1 amide bonds. The average Bonchev–Trinajstić information content (AvgIpc) is 3.42. The van der Waals surface area contributed by atoms with Crippen LogP contribution < -0.4 is 19.5 Å². The molecule has 0 bridgehead atoms. The number of methoxy groups -OCH3 is 3. The van der Waals surface area contributed by atoms with Crippen LogP contribution in [0.5, 0.6) is 17.2 Å². The van der Waals surface area contributed by atoms with E-state index in [0.717, 1.165) is 30.7 Å². The van der Waals surface area contributed by atoms with Gasteiger partial charge in [-0.05, 0) is 37.1 Å². The van der Waals surface area contributed by atoms with Crippen molar-refractivity contribution in [2.45, 2.75) is 129 Å². The van der Waals surface area contributed by atoms with Gasteiger partial charge in [-0.25, -0.2) is 4.98 Å². The number of hydrogen-bond donors (Lipinski definition) is 1. The third-order valence-electron chi connectivity index (χ3n) is 8.76. The molecule has 0 atom stereocenters. The van der Waals surface area contributed by atoms with Crippen molar-refractivity contribution in [2.75, 3.05) is 27.9 Å². The predicted molar refractivity (Wildman–Crippen MR) is 186 cm³/mol. The minimum absolute atomic E-state index is 0.170. The van der Waals surface area contributed by atoms with Gasteiger partial charge in [0.2, 0.25) is 5.75 Å². The maximum atomic E-state index is 12.9. The number of carbonyl (C=O) groups excluding carboxylic acids is 1. The first-order chi connectivity index (χ1) is 22.1. The molecular formula is C38H59N3O4. The molecule has 0 aliphatic rings. The molecule has 250 valence electrons. The lowest BCUT2D eigenvalue weighted by Crippen LogP contribution is -2.25. The minimum atomic E-state index is -0.170. The molecule has 3 aromatic rings. The normalized spacial score (nSPS) is 11.2. The summed E-state index contributed by atoms with van der Waals surface area (Å²) in [5.74, 6) is 2.32. The molecular weight excluding hydrogens is 562 g/mol. The summed E-state index contributed by atoms with van der Waals surface area (Å²) in [4.78, 5) is 17.8. The number of amides is 1. The van der Waals surface area contributed by atoms with E-state index < -0.39 is 0 Å². The summed E-state index contributed by atoms with van der Waals surface area (Å²) in [5.41, 5.74) is 2.72. The molecule has 0 aliphatic heterocycles. The molecule has 7 heteroatoms. The van der Waals surface area contributed by atoms with Crippen LogP contribution in [-0.2, 0) is 13.0 Å². The van der Waals surface area contributed by atoms with E-state index >= 15 is 0 Å². The maximum absolute atomic E-state index is 12.9. The fourth-order valence-electron chi connectivity index (χ4n) is 6.15. The highest BCUT2D eigenvalue weighted by Gasteiger charge is 2.17. The molecule has 2 aromatic carbocycles. The van der Waals surface area contributed by atoms with Crippen LogP contribution in [0.2, 0.25) is 0 Å². The largest absolute Gasteiger partial charge is 0.493 e. The third kappa shape index (κ3) is 12.2. The van der Waals surface area contributed by atoms with Crippen LogP contribution in [0.15, 0.2) is 36.4 Å². The second-order valence-electron chi connectivity index (χ2n) is 12.2. The second-order valence-corrected chi connectivity index (χ2v) is 12.2. The van der Waals surface area contributed by atoms with E-state index in [1.807, 2.05) is 0 Å². The zero-order valence-electron chi connectivity index (χ0n) is 28.6. The smallest absolute Gasteiger partial charge is 0.251 e. The Morgan fingerprint density at radius 1 is 0.711 bits per heavy atom. The topological polar surface area (TPSA) is 74.6 Å². The highest BCUT2D eigenvalue weighted by molar-refractivity contribution is 5.95. The second kappa shape index (κ2) is 21.5. The van der Waals surface area contributed by atoms with Crippen molar-refractivity contribution >= 4 is 16.9 Å². The first kappa shape index (κ1) is 36.3. The van der Waals surface area contributed by atoms with E-state index in [1.54, 1.807) is 33.5 Å². The number of nitrogens with one attached hydrogen (secondary N) is 1. The van der Waals surface area contributed by atoms with Gasteiger partial charge in [0, 0.05) is 25.1 Å². The lowest BCUT2D eigenvalue weighted by Gasteiger charge is -2.14. The van der Waals surface area contributed by atoms with Gasteiger partial charge >= 0.3 is 0 Å². The Morgan fingerprint density at radius 3 is 1.78 bits per heavy atom. The van der Waals surface area contributed by atoms with E-state index in [9.17, 15) is 4.79 Å². The minimum Gasteiger partial charge on any atom is -0.493 e. The zero-order chi connectivity index (χ0) is 32.1. The number of benzene rings is 2. The van der Waals surface area contributed by atoms with Crippen LogP contribution in [0.4, 0.5) is 0 Å². The lowest BCUT2D eigenvalue weighted by molar-refractivity contribution is 0.0952. The molecule has 1 aromatic heterocycles. The Kier molecular flexibility index (Phi) is 17.3. The van der Waals surface area contributed by atoms with Gasteiger partial charge in [-0.15, -0.1) is 0 Å². The Morgan fingerprint density at radius 2 is 1.24 bits per heavy atom. The Bertz CT molecular complexity index is 1230. The molecule has 0 spiro atoms. The summed E-state index contributed by atoms with van der Waals surface area (Å²) in [7, 11) is 4.64. The van der Waals surface area contributed by atoms with Crippen LogP contribution in [0, 0.1) is 0 Å². The van der Waals surface area contributed by atoms with E-state index in [0.29, 0.717) is 29.4 Å². The first-order valence-corrected chi connectivity index (χ1v) is 17.6. The summed E-state index contributed by atoms with van der Waals surface area (Å²) >= 11 is 0. The standard InChI is InChI=1S/C38H59N3O4/c1-5-6-7-8-9-10-11-12-13-14-15-16-17-18-19-22-28-41-33-25-21-20-24-32(33)40-36(41)26-23-27-39-38(42)31-29-34(43-2)37(45-4)35(30-31)44-3/h20-21,24-25,29-30H,5-19,22-23,26-28H2,1-4H3,(H,39,42). The van der Waals surface area contributed by atoms with Gasteiger partial charge in [0.25, 0.3) is 5.91 Å². The van der Waals surface area contributed by atoms with Crippen molar-refractivity contribution in [3.63, 3.8) is 0 Å². The summed E-state index contributed by atoms with van der Waals surface area (Å²) in [6.45, 7) is 3.83. The first-order valence-electron chi connectivity index (χ1n) is 17.6. The molecule has 1 N–H and O–H groups in total. The fourth-order valence-corrected chi connectivity index (χ4v) is 6.15. The summed E-state index contributed by atoms with van der Waals surface area (Å²) in [5, 5.41) is 3.04. The number of unbranched alkanes of at least 4 members (excludes halogenated alkanes) is 15. The van der Waals surface area contributed by atoms with Crippen LogP contribution in [-0.4, -0.2) is 43.3 Å². The molecule has 0 saturated carbocycles. The number of ether oxygens (including phenoxy) is 3. The van der Waals surface area contributed by atoms with Crippen LogP contribution in [0.1, 0.15) is 132 Å². The Balaban J connectivity index is 1.35. The SMILES string of the molecule is CCCCCCCCCCCCCCCCCCn1c(CCCNC(=O)c2cc(OC)c(OC)c(OC)c2)nc2ccccc21. The van der Waals surface area contributed by atoms with E-state index in [-0.39, 0.29) is 5.91 Å². The van der Waals surface area contributed by atoms with E-state index in [2.05, 4.69) is 41.1 Å². The van der Waals surface area contributed by atoms with Crippen LogP contribution in [0.25, 0.3) is 11.0 Å². The number of hydrogen-bond acceptors (Lipinski definition) is 5. The van der Waals surface area contributed by atoms with Gasteiger partial charge in [0.15, 0.2) is 11.5 Å². The van der Waals surface area contributed by atoms with Gasteiger partial charge in [-0.2, -0.15) is 0 Å². The van der Waals surface area contributed by atoms with Gasteiger partial charge in [-0.3, -0.25) is 4.79 Å². The maximum Gasteiger partial charge on any atom is 0.251 e. The monoisotopic (exact) mass is 621 g/mol. The third-order valence-corrected chi connectivity index (χ3v) is 8.76. The number of imidazole rings is 1. The summed E-state index contributed by atoms with van der Waals surface area (Å²) < 4.78 is 18.5. The summed E-state index contributed by atoms with van der Waals surface area (Å²) in [6, 6.07) is 11.8. The number of nitrogens with zero attached hydrogens (tertiary/aromatic N) is 2. The number of rotatable bonds is 25. The summed E-state index contributed by atoms with van der Waals surface area (Å²) in [6.07, 6.45) is 23.6. The van der Waals surface area contributed by atoms with Crippen LogP contribution >= 0.6 is 0 Å². The molecule has 3 rings (SSSR count). The number of aryl methyl sites for hydroxylation is 2. The molecule has 0 saturated heterocycles. The number of fused-ring (bicyclic) bond motifs is 1. The average molecular weight is 622 g/mol. The molecule has 45 heavy (non-hydrogen) atoms. The van der Waals surface area contributed by atoms with E-state index in [4.69, 9.17) is 19.2 Å². The number of para-hydroxylation sites is 2. The fraction of sp³-hybridized carbons (Fsp3) is 0.632. The quantitative estimate of drug-likeness (QED) is 0.0954. The molecule has 0 aliphatic carbocycles. The van der Waals surface area contributed by atoms with Crippen molar-refractivity contribution in [3.05, 3.63) is 47.8 Å². The van der Waals surface area contributed by atoms with Crippen molar-refractivity contribution in [1.82, 2.24) is 14.9 Å². The van der Waals surface area contributed by atoms with Crippen molar-refractivity contribution in [3.8, 4) is 17.2 Å². The highest BCUT2D eigenvalue weighted by Crippen LogP contribution is 2.38. The van der Waals surface area contributed by atoms with Crippen molar-refractivity contribution in [2.24, 2.45) is 0 Å². The predicted octanol–water partition coefficient (Wildman–Crippen LogP) is 9.69. The van der Waals surface area contributed by atoms with E-state index in [1.165, 1.54) is 108 Å². The van der Waals surface area contributed by atoms with Crippen molar-refractivity contribution < 1.29 is 19.0 Å². The van der Waals surface area contributed by atoms with Gasteiger partial charge in [0.1, 0.15) is 5.82 Å². The number of carbonyl (C=O) groups is 1. The molecule has 1 heterocycles. The Labute approximate surface area is 272 Å². The number of aromatic nitrogens is 2. The lowest BCUT2D eigenvalue weighted by atomic mass is 10.0. The molecule has 0 unspecified atom stereocenters. The molecule has 0 radical (unpaired) electrons. The van der Waals surface area contributed by atoms with Gasteiger partial charge < -0.3 is 24.1 Å². The van der Waals surface area contributed by atoms with Crippen LogP contribution in [0.3, 0.4) is 0 Å². The molecule has 0 fully saturated rings. The highest BCUT2D eigenvalue weighted by atomic mass is 16.5. The zero-order valence-corrected chi connectivity index (χ0v) is 28.6. The van der Waals surface area contributed by atoms with Crippen molar-refractivity contribution in [1.29, 1.82) is 0 Å². The van der Waals surface area contributed by atoms with Gasteiger partial charge in [0.05, 0.1) is 32.4 Å².